The van der Waals surface area contributed by atoms with E-state index in [1.54, 1.807) is 0 Å². The van der Waals surface area contributed by atoms with Gasteiger partial charge >= 0.3 is 0 Å². The van der Waals surface area contributed by atoms with Crippen LogP contribution in [0.15, 0.2) is 24.4 Å². The van der Waals surface area contributed by atoms with E-state index in [2.05, 4.69) is 41.2 Å². The highest BCUT2D eigenvalue weighted by atomic mass is 15.2. The predicted molar refractivity (Wildman–Crippen MR) is 88.6 cm³/mol. The molecule has 2 atom stereocenters. The number of hydrogen-bond donors (Lipinski definition) is 1. The Kier molecular flexibility index (Phi) is 4.79. The van der Waals surface area contributed by atoms with Gasteiger partial charge in [-0.1, -0.05) is 26.3 Å². The standard InChI is InChI=1S/C18H29N3/c1-14-6-5-7-15(2)18(14)20-16-9-12-21(13-10-16)17-8-3-4-11-19-17/h3-4,8,11,14-16,18,20H,5-7,9-10,12-13H2,1-2H3. The van der Waals surface area contributed by atoms with Crippen LogP contribution in [0.3, 0.4) is 0 Å². The third kappa shape index (κ3) is 3.57. The second-order valence-corrected chi connectivity index (χ2v) is 7.03. The number of nitrogens with one attached hydrogen (secondary N) is 1. The third-order valence-electron chi connectivity index (χ3n) is 5.44. The van der Waals surface area contributed by atoms with Crippen molar-refractivity contribution in [2.45, 2.75) is 58.0 Å². The first kappa shape index (κ1) is 14.8. The Morgan fingerprint density at radius 2 is 1.76 bits per heavy atom. The first-order chi connectivity index (χ1) is 10.2. The predicted octanol–water partition coefficient (Wildman–Crippen LogP) is 3.46. The average Bonchev–Trinajstić information content (AvgIpc) is 2.53. The van der Waals surface area contributed by atoms with E-state index in [1.165, 1.54) is 32.1 Å². The number of anilines is 1. The van der Waals surface area contributed by atoms with Crippen molar-refractivity contribution in [2.24, 2.45) is 11.8 Å². The van der Waals surface area contributed by atoms with E-state index in [-0.39, 0.29) is 0 Å². The lowest BCUT2D eigenvalue weighted by atomic mass is 9.78. The summed E-state index contributed by atoms with van der Waals surface area (Å²) in [6, 6.07) is 7.61. The summed E-state index contributed by atoms with van der Waals surface area (Å²) in [7, 11) is 0. The Bertz CT molecular complexity index is 415. The van der Waals surface area contributed by atoms with Crippen LogP contribution in [-0.4, -0.2) is 30.2 Å². The summed E-state index contributed by atoms with van der Waals surface area (Å²) < 4.78 is 0. The smallest absolute Gasteiger partial charge is 0.128 e. The van der Waals surface area contributed by atoms with Crippen LogP contribution >= 0.6 is 0 Å². The number of hydrogen-bond acceptors (Lipinski definition) is 3. The van der Waals surface area contributed by atoms with Gasteiger partial charge in [-0.25, -0.2) is 4.98 Å². The van der Waals surface area contributed by atoms with E-state index < -0.39 is 0 Å². The number of rotatable bonds is 3. The molecule has 116 valence electrons. The van der Waals surface area contributed by atoms with Gasteiger partial charge in [-0.05, 0) is 49.7 Å². The third-order valence-corrected chi connectivity index (χ3v) is 5.44. The van der Waals surface area contributed by atoms with Crippen molar-refractivity contribution >= 4 is 5.82 Å². The van der Waals surface area contributed by atoms with Gasteiger partial charge in [0.25, 0.3) is 0 Å². The van der Waals surface area contributed by atoms with Crippen molar-refractivity contribution in [3.8, 4) is 0 Å². The molecule has 3 rings (SSSR count). The number of pyridine rings is 1. The maximum atomic E-state index is 4.47. The lowest BCUT2D eigenvalue weighted by molar-refractivity contribution is 0.184. The molecule has 2 aliphatic rings. The van der Waals surface area contributed by atoms with Crippen LogP contribution in [0.4, 0.5) is 5.82 Å². The van der Waals surface area contributed by atoms with Crippen molar-refractivity contribution in [3.05, 3.63) is 24.4 Å². The normalized spacial score (nSPS) is 31.3. The van der Waals surface area contributed by atoms with Crippen molar-refractivity contribution in [3.63, 3.8) is 0 Å². The Morgan fingerprint density at radius 3 is 2.38 bits per heavy atom. The monoisotopic (exact) mass is 287 g/mol. The molecule has 1 N–H and O–H groups in total. The van der Waals surface area contributed by atoms with E-state index in [0.717, 1.165) is 36.8 Å². The molecule has 2 unspecified atom stereocenters. The summed E-state index contributed by atoms with van der Waals surface area (Å²) in [6.45, 7) is 7.11. The zero-order valence-corrected chi connectivity index (χ0v) is 13.5. The molecule has 1 saturated heterocycles. The van der Waals surface area contributed by atoms with Crippen LogP contribution in [0.5, 0.6) is 0 Å². The molecule has 2 heterocycles. The fourth-order valence-electron chi connectivity index (χ4n) is 4.10. The molecule has 2 fully saturated rings. The van der Waals surface area contributed by atoms with E-state index >= 15 is 0 Å². The summed E-state index contributed by atoms with van der Waals surface area (Å²) in [5, 5.41) is 3.98. The van der Waals surface area contributed by atoms with E-state index in [4.69, 9.17) is 0 Å². The van der Waals surface area contributed by atoms with Gasteiger partial charge in [-0.15, -0.1) is 0 Å². The molecule has 0 aromatic carbocycles. The highest BCUT2D eigenvalue weighted by molar-refractivity contribution is 5.38. The lowest BCUT2D eigenvalue weighted by Crippen LogP contribution is -2.51. The minimum atomic E-state index is 0.693. The van der Waals surface area contributed by atoms with Crippen LogP contribution in [0.1, 0.15) is 46.0 Å². The summed E-state index contributed by atoms with van der Waals surface area (Å²) in [6.07, 6.45) is 8.59. The Hall–Kier alpha value is -1.09. The van der Waals surface area contributed by atoms with Gasteiger partial charge in [0.2, 0.25) is 0 Å². The summed E-state index contributed by atoms with van der Waals surface area (Å²) in [5.41, 5.74) is 0. The molecular weight excluding hydrogens is 258 g/mol. The molecular formula is C18H29N3. The maximum absolute atomic E-state index is 4.47. The molecule has 21 heavy (non-hydrogen) atoms. The van der Waals surface area contributed by atoms with Crippen LogP contribution in [0.2, 0.25) is 0 Å². The summed E-state index contributed by atoms with van der Waals surface area (Å²) in [4.78, 5) is 6.90. The molecule has 1 aliphatic heterocycles. The second kappa shape index (κ2) is 6.78. The Labute approximate surface area is 129 Å². The Balaban J connectivity index is 1.52. The topological polar surface area (TPSA) is 28.2 Å². The SMILES string of the molecule is CC1CCCC(C)C1NC1CCN(c2ccccn2)CC1. The van der Waals surface area contributed by atoms with E-state index in [1.807, 2.05) is 12.3 Å². The number of aromatic nitrogens is 1. The zero-order valence-electron chi connectivity index (χ0n) is 13.5. The van der Waals surface area contributed by atoms with Crippen LogP contribution in [0, 0.1) is 11.8 Å². The van der Waals surface area contributed by atoms with Gasteiger partial charge in [0.05, 0.1) is 0 Å². The molecule has 0 bridgehead atoms. The quantitative estimate of drug-likeness (QED) is 0.922. The molecule has 3 heteroatoms. The highest BCUT2D eigenvalue weighted by Gasteiger charge is 2.30. The molecule has 1 aliphatic carbocycles. The second-order valence-electron chi connectivity index (χ2n) is 7.03. The van der Waals surface area contributed by atoms with E-state index in [0.29, 0.717) is 6.04 Å². The minimum Gasteiger partial charge on any atom is -0.357 e. The van der Waals surface area contributed by atoms with Crippen molar-refractivity contribution < 1.29 is 0 Å². The molecule has 0 amide bonds. The summed E-state index contributed by atoms with van der Waals surface area (Å²) in [5.74, 6) is 2.81. The van der Waals surface area contributed by atoms with Gasteiger partial charge < -0.3 is 10.2 Å². The first-order valence-electron chi connectivity index (χ1n) is 8.66. The molecule has 0 radical (unpaired) electrons. The lowest BCUT2D eigenvalue weighted by Gasteiger charge is -2.41. The van der Waals surface area contributed by atoms with Crippen LogP contribution < -0.4 is 10.2 Å². The van der Waals surface area contributed by atoms with Crippen LogP contribution in [0.25, 0.3) is 0 Å². The zero-order chi connectivity index (χ0) is 14.7. The summed E-state index contributed by atoms with van der Waals surface area (Å²) >= 11 is 0. The van der Waals surface area contributed by atoms with Gasteiger partial charge in [0.15, 0.2) is 0 Å². The van der Waals surface area contributed by atoms with Gasteiger partial charge in [-0.3, -0.25) is 0 Å². The fourth-order valence-corrected chi connectivity index (χ4v) is 4.10. The maximum Gasteiger partial charge on any atom is 0.128 e. The van der Waals surface area contributed by atoms with Crippen molar-refractivity contribution in [1.82, 2.24) is 10.3 Å². The van der Waals surface area contributed by atoms with Gasteiger partial charge in [-0.2, -0.15) is 0 Å². The number of nitrogens with zero attached hydrogens (tertiary/aromatic N) is 2. The van der Waals surface area contributed by atoms with E-state index in [9.17, 15) is 0 Å². The molecule has 1 aromatic heterocycles. The molecule has 1 saturated carbocycles. The largest absolute Gasteiger partial charge is 0.357 e. The molecule has 0 spiro atoms. The van der Waals surface area contributed by atoms with Gasteiger partial charge in [0.1, 0.15) is 5.82 Å². The minimum absolute atomic E-state index is 0.693. The van der Waals surface area contributed by atoms with Gasteiger partial charge in [0, 0.05) is 31.4 Å². The van der Waals surface area contributed by atoms with Crippen molar-refractivity contribution in [2.75, 3.05) is 18.0 Å². The molecule has 1 aromatic rings. The fraction of sp³-hybridized carbons (Fsp3) is 0.722. The van der Waals surface area contributed by atoms with Crippen LogP contribution in [-0.2, 0) is 0 Å². The number of piperidine rings is 1. The average molecular weight is 287 g/mol. The highest BCUT2D eigenvalue weighted by Crippen LogP contribution is 2.30. The van der Waals surface area contributed by atoms with Crippen molar-refractivity contribution in [1.29, 1.82) is 0 Å². The first-order valence-corrected chi connectivity index (χ1v) is 8.66. The molecule has 3 nitrogen and oxygen atoms in total. The Morgan fingerprint density at radius 1 is 1.05 bits per heavy atom.